The van der Waals surface area contributed by atoms with E-state index in [1.807, 2.05) is 44.2 Å². The van der Waals surface area contributed by atoms with Gasteiger partial charge in [0, 0.05) is 23.7 Å². The first-order valence-corrected chi connectivity index (χ1v) is 10.4. The molecular weight excluding hydrogens is 406 g/mol. The summed E-state index contributed by atoms with van der Waals surface area (Å²) >= 11 is 7.38. The molecule has 0 bridgehead atoms. The smallest absolute Gasteiger partial charge is 0.242 e. The third-order valence-corrected chi connectivity index (χ3v) is 5.84. The summed E-state index contributed by atoms with van der Waals surface area (Å²) in [6.07, 6.45) is 1.71. The molecule has 3 rings (SSSR count). The number of halogens is 1. The van der Waals surface area contributed by atoms with E-state index in [1.165, 1.54) is 11.8 Å². The highest BCUT2D eigenvalue weighted by Crippen LogP contribution is 2.33. The molecule has 2 aromatic carbocycles. The highest BCUT2D eigenvalue weighted by molar-refractivity contribution is 8.15. The Hall–Kier alpha value is -2.57. The normalized spacial score (nSPS) is 17.6. The molecule has 0 saturated carbocycles. The largest absolute Gasteiger partial charge is 0.326 e. The minimum absolute atomic E-state index is 0.0680. The number of carbonyl (C=O) groups is 2. The van der Waals surface area contributed by atoms with Crippen LogP contribution in [0.1, 0.15) is 17.5 Å². The average molecular weight is 428 g/mol. The molecule has 0 radical (unpaired) electrons. The number of carbonyl (C=O) groups excluding carboxylic acids is 2. The van der Waals surface area contributed by atoms with Gasteiger partial charge in [0.25, 0.3) is 0 Å². The molecule has 2 amide bonds. The summed E-state index contributed by atoms with van der Waals surface area (Å²) in [5, 5.41) is 3.44. The number of aliphatic imine (C=N–C) groups is 1. The zero-order chi connectivity index (χ0) is 21.0. The Morgan fingerprint density at radius 2 is 2.00 bits per heavy atom. The van der Waals surface area contributed by atoms with Gasteiger partial charge in [-0.05, 0) is 43.7 Å². The first kappa shape index (κ1) is 21.1. The zero-order valence-corrected chi connectivity index (χ0v) is 17.9. The van der Waals surface area contributed by atoms with Gasteiger partial charge in [-0.15, -0.1) is 6.58 Å². The molecule has 1 N–H and O–H groups in total. The Balaban J connectivity index is 1.76. The molecule has 150 valence electrons. The Labute approximate surface area is 179 Å². The van der Waals surface area contributed by atoms with Gasteiger partial charge in [-0.1, -0.05) is 53.2 Å². The van der Waals surface area contributed by atoms with E-state index in [1.54, 1.807) is 23.1 Å². The Morgan fingerprint density at radius 1 is 1.28 bits per heavy atom. The van der Waals surface area contributed by atoms with E-state index < -0.39 is 5.25 Å². The van der Waals surface area contributed by atoms with Crippen LogP contribution in [-0.2, 0) is 9.59 Å². The Kier molecular flexibility index (Phi) is 6.77. The molecule has 1 atom stereocenters. The fraction of sp³-hybridized carbons (Fsp3) is 0.227. The molecule has 1 aliphatic rings. The molecule has 7 heteroatoms. The fourth-order valence-corrected chi connectivity index (χ4v) is 4.17. The Morgan fingerprint density at radius 3 is 2.69 bits per heavy atom. The number of amides is 2. The molecule has 1 unspecified atom stereocenters. The second-order valence-electron chi connectivity index (χ2n) is 6.79. The SMILES string of the molecule is C=CCN1C(=O)C(CC(=O)Nc2ccc(C)cc2)SC1=Nc1cc(Cl)ccc1C. The molecule has 2 aromatic rings. The van der Waals surface area contributed by atoms with Crippen molar-refractivity contribution in [3.63, 3.8) is 0 Å². The predicted octanol–water partition coefficient (Wildman–Crippen LogP) is 5.10. The van der Waals surface area contributed by atoms with Crippen LogP contribution in [0.5, 0.6) is 0 Å². The van der Waals surface area contributed by atoms with E-state index in [-0.39, 0.29) is 18.2 Å². The van der Waals surface area contributed by atoms with Crippen LogP contribution in [0.2, 0.25) is 5.02 Å². The van der Waals surface area contributed by atoms with Gasteiger partial charge in [0.15, 0.2) is 5.17 Å². The van der Waals surface area contributed by atoms with Gasteiger partial charge in [0.1, 0.15) is 5.25 Å². The van der Waals surface area contributed by atoms with E-state index in [0.717, 1.165) is 11.1 Å². The van der Waals surface area contributed by atoms with Gasteiger partial charge in [-0.2, -0.15) is 0 Å². The van der Waals surface area contributed by atoms with Gasteiger partial charge < -0.3 is 5.32 Å². The first-order valence-electron chi connectivity index (χ1n) is 9.17. The highest BCUT2D eigenvalue weighted by atomic mass is 35.5. The number of aryl methyl sites for hydroxylation is 2. The topological polar surface area (TPSA) is 61.8 Å². The average Bonchev–Trinajstić information content (AvgIpc) is 2.95. The lowest BCUT2D eigenvalue weighted by atomic mass is 10.2. The van der Waals surface area contributed by atoms with Gasteiger partial charge in [-0.3, -0.25) is 14.5 Å². The van der Waals surface area contributed by atoms with Crippen LogP contribution < -0.4 is 5.32 Å². The Bertz CT molecular complexity index is 973. The van der Waals surface area contributed by atoms with Crippen LogP contribution in [0.3, 0.4) is 0 Å². The molecule has 0 aliphatic carbocycles. The van der Waals surface area contributed by atoms with Crippen molar-refractivity contribution in [3.8, 4) is 0 Å². The molecule has 1 heterocycles. The molecule has 1 aliphatic heterocycles. The second kappa shape index (κ2) is 9.29. The second-order valence-corrected chi connectivity index (χ2v) is 8.39. The molecular formula is C22H22ClN3O2S. The summed E-state index contributed by atoms with van der Waals surface area (Å²) in [7, 11) is 0. The van der Waals surface area contributed by atoms with Crippen molar-refractivity contribution in [2.45, 2.75) is 25.5 Å². The maximum absolute atomic E-state index is 12.9. The van der Waals surface area contributed by atoms with Crippen LogP contribution in [0.15, 0.2) is 60.1 Å². The van der Waals surface area contributed by atoms with Crippen LogP contribution in [0.25, 0.3) is 0 Å². The van der Waals surface area contributed by atoms with Crippen molar-refractivity contribution >= 4 is 51.7 Å². The first-order chi connectivity index (χ1) is 13.9. The molecule has 29 heavy (non-hydrogen) atoms. The van der Waals surface area contributed by atoms with E-state index in [2.05, 4.69) is 16.9 Å². The molecule has 5 nitrogen and oxygen atoms in total. The summed E-state index contributed by atoms with van der Waals surface area (Å²) in [6.45, 7) is 7.97. The van der Waals surface area contributed by atoms with Crippen molar-refractivity contribution < 1.29 is 9.59 Å². The van der Waals surface area contributed by atoms with Crippen molar-refractivity contribution in [1.82, 2.24) is 4.90 Å². The van der Waals surface area contributed by atoms with Crippen LogP contribution in [-0.4, -0.2) is 33.7 Å². The predicted molar refractivity (Wildman–Crippen MR) is 121 cm³/mol. The molecule has 0 spiro atoms. The lowest BCUT2D eigenvalue weighted by molar-refractivity contribution is -0.127. The summed E-state index contributed by atoms with van der Waals surface area (Å²) < 4.78 is 0. The quantitative estimate of drug-likeness (QED) is 0.652. The number of hydrogen-bond donors (Lipinski definition) is 1. The summed E-state index contributed by atoms with van der Waals surface area (Å²) in [5.41, 5.74) is 3.48. The monoisotopic (exact) mass is 427 g/mol. The number of amidine groups is 1. The highest BCUT2D eigenvalue weighted by Gasteiger charge is 2.38. The number of benzene rings is 2. The zero-order valence-electron chi connectivity index (χ0n) is 16.3. The number of anilines is 1. The van der Waals surface area contributed by atoms with Crippen molar-refractivity contribution in [3.05, 3.63) is 71.3 Å². The van der Waals surface area contributed by atoms with Crippen LogP contribution in [0, 0.1) is 13.8 Å². The maximum atomic E-state index is 12.9. The van der Waals surface area contributed by atoms with Gasteiger partial charge >= 0.3 is 0 Å². The number of hydrogen-bond acceptors (Lipinski definition) is 4. The lowest BCUT2D eigenvalue weighted by Crippen LogP contribution is -2.33. The van der Waals surface area contributed by atoms with E-state index in [4.69, 9.17) is 11.6 Å². The van der Waals surface area contributed by atoms with Gasteiger partial charge in [0.2, 0.25) is 11.8 Å². The number of thioether (sulfide) groups is 1. The maximum Gasteiger partial charge on any atom is 0.242 e. The minimum atomic E-state index is -0.529. The summed E-state index contributed by atoms with van der Waals surface area (Å²) in [6, 6.07) is 13.0. The fourth-order valence-electron chi connectivity index (χ4n) is 2.85. The van der Waals surface area contributed by atoms with Crippen molar-refractivity contribution in [2.24, 2.45) is 4.99 Å². The van der Waals surface area contributed by atoms with Gasteiger partial charge in [-0.25, -0.2) is 4.99 Å². The van der Waals surface area contributed by atoms with E-state index >= 15 is 0 Å². The third kappa shape index (κ3) is 5.28. The lowest BCUT2D eigenvalue weighted by Gasteiger charge is -2.14. The van der Waals surface area contributed by atoms with Crippen LogP contribution in [0.4, 0.5) is 11.4 Å². The molecule has 1 saturated heterocycles. The summed E-state index contributed by atoms with van der Waals surface area (Å²) in [5.74, 6) is -0.356. The number of nitrogens with one attached hydrogen (secondary N) is 1. The summed E-state index contributed by atoms with van der Waals surface area (Å²) in [4.78, 5) is 31.5. The standard InChI is InChI=1S/C22H22ClN3O2S/c1-4-11-26-21(28)19(13-20(27)24-17-9-5-14(2)6-10-17)29-22(26)25-18-12-16(23)8-7-15(18)3/h4-10,12,19H,1,11,13H2,2-3H3,(H,24,27). The minimum Gasteiger partial charge on any atom is -0.326 e. The van der Waals surface area contributed by atoms with Gasteiger partial charge in [0.05, 0.1) is 5.69 Å². The number of nitrogens with zero attached hydrogens (tertiary/aromatic N) is 2. The van der Waals surface area contributed by atoms with Crippen molar-refractivity contribution in [2.75, 3.05) is 11.9 Å². The third-order valence-electron chi connectivity index (χ3n) is 4.43. The van der Waals surface area contributed by atoms with Crippen LogP contribution >= 0.6 is 23.4 Å². The molecule has 1 fully saturated rings. The number of rotatable bonds is 6. The molecule has 0 aromatic heterocycles. The van der Waals surface area contributed by atoms with E-state index in [9.17, 15) is 9.59 Å². The van der Waals surface area contributed by atoms with E-state index in [0.29, 0.717) is 28.1 Å². The van der Waals surface area contributed by atoms with Crippen molar-refractivity contribution in [1.29, 1.82) is 0 Å².